The van der Waals surface area contributed by atoms with Crippen LogP contribution in [0.25, 0.3) is 21.8 Å². The lowest BCUT2D eigenvalue weighted by Crippen LogP contribution is -2.12. The predicted molar refractivity (Wildman–Crippen MR) is 86.1 cm³/mol. The molecule has 0 amide bonds. The van der Waals surface area contributed by atoms with E-state index >= 15 is 0 Å². The number of hydrogen-bond donors (Lipinski definition) is 2. The van der Waals surface area contributed by atoms with Crippen molar-refractivity contribution in [3.8, 4) is 0 Å². The number of aromatic nitrogens is 2. The van der Waals surface area contributed by atoms with Crippen LogP contribution in [0.15, 0.2) is 34.3 Å². The molecule has 0 aliphatic rings. The number of nitrogens with zero attached hydrogens (tertiary/aromatic N) is 2. The zero-order chi connectivity index (χ0) is 17.9. The van der Waals surface area contributed by atoms with Crippen LogP contribution in [-0.2, 0) is 20.2 Å². The van der Waals surface area contributed by atoms with E-state index in [9.17, 15) is 25.9 Å². The van der Waals surface area contributed by atoms with Gasteiger partial charge in [-0.25, -0.2) is 0 Å². The zero-order valence-corrected chi connectivity index (χ0v) is 14.2. The van der Waals surface area contributed by atoms with Crippen LogP contribution in [-0.4, -0.2) is 35.9 Å². The molecule has 2 heterocycles. The van der Waals surface area contributed by atoms with Crippen LogP contribution in [0.1, 0.15) is 11.1 Å². The normalized spacial score (nSPS) is 12.8. The summed E-state index contributed by atoms with van der Waals surface area (Å²) in [5.41, 5.74) is 0.966. The van der Waals surface area contributed by atoms with Crippen LogP contribution >= 0.6 is 0 Å². The van der Waals surface area contributed by atoms with Crippen LogP contribution < -0.4 is 0 Å². The largest absolute Gasteiger partial charge is 0.296 e. The van der Waals surface area contributed by atoms with E-state index in [1.54, 1.807) is 0 Å². The smallest absolute Gasteiger partial charge is 0.282 e. The molecule has 0 atom stereocenters. The lowest BCUT2D eigenvalue weighted by atomic mass is 10.0. The Labute approximate surface area is 137 Å². The number of benzene rings is 1. The third kappa shape index (κ3) is 2.44. The van der Waals surface area contributed by atoms with Gasteiger partial charge in [-0.1, -0.05) is 0 Å². The van der Waals surface area contributed by atoms with Crippen molar-refractivity contribution in [3.05, 3.63) is 35.7 Å². The fourth-order valence-corrected chi connectivity index (χ4v) is 5.10. The summed E-state index contributed by atoms with van der Waals surface area (Å²) >= 11 is 0. The van der Waals surface area contributed by atoms with E-state index in [1.165, 1.54) is 38.4 Å². The van der Waals surface area contributed by atoms with Crippen LogP contribution in [0, 0.1) is 13.8 Å². The number of fused-ring (bicyclic) bond motifs is 3. The summed E-state index contributed by atoms with van der Waals surface area (Å²) in [6.07, 6.45) is 2.84. The first kappa shape index (κ1) is 16.7. The van der Waals surface area contributed by atoms with Crippen molar-refractivity contribution in [3.63, 3.8) is 0 Å². The fourth-order valence-electron chi connectivity index (χ4n) is 2.77. The zero-order valence-electron chi connectivity index (χ0n) is 12.5. The van der Waals surface area contributed by atoms with Gasteiger partial charge in [0.15, 0.2) is 0 Å². The molecule has 8 nitrogen and oxygen atoms in total. The minimum atomic E-state index is -4.98. The second kappa shape index (κ2) is 5.18. The Balaban J connectivity index is 2.91. The highest BCUT2D eigenvalue weighted by atomic mass is 32.2. The highest BCUT2D eigenvalue weighted by Crippen LogP contribution is 2.39. The maximum Gasteiger partial charge on any atom is 0.296 e. The van der Waals surface area contributed by atoms with Crippen molar-refractivity contribution in [2.45, 2.75) is 23.6 Å². The molecule has 0 aliphatic heterocycles. The van der Waals surface area contributed by atoms with Crippen molar-refractivity contribution in [1.82, 2.24) is 9.97 Å². The Morgan fingerprint density at radius 3 is 1.38 bits per heavy atom. The SMILES string of the molecule is Cc1ccnc2c1c(S(=O)(=O)O)c(S(=O)(=O)O)c1c(C)ccnc12. The average molecular weight is 368 g/mol. The van der Waals surface area contributed by atoms with Gasteiger partial charge >= 0.3 is 0 Å². The van der Waals surface area contributed by atoms with Crippen molar-refractivity contribution in [2.75, 3.05) is 0 Å². The predicted octanol–water partition coefficient (Wildman–Crippen LogP) is 1.89. The quantitative estimate of drug-likeness (QED) is 0.517. The van der Waals surface area contributed by atoms with Gasteiger partial charge in [-0.15, -0.1) is 0 Å². The minimum Gasteiger partial charge on any atom is -0.282 e. The lowest BCUT2D eigenvalue weighted by molar-refractivity contribution is 0.468. The molecule has 0 fully saturated rings. The Bertz CT molecular complexity index is 1120. The first-order valence-electron chi connectivity index (χ1n) is 6.65. The van der Waals surface area contributed by atoms with Crippen molar-refractivity contribution in [1.29, 1.82) is 0 Å². The van der Waals surface area contributed by atoms with Crippen molar-refractivity contribution >= 4 is 42.0 Å². The summed E-state index contributed by atoms with van der Waals surface area (Å²) in [6.45, 7) is 3.07. The molecule has 2 N–H and O–H groups in total. The summed E-state index contributed by atoms with van der Waals surface area (Å²) in [4.78, 5) is 6.40. The van der Waals surface area contributed by atoms with Crippen LogP contribution in [0.3, 0.4) is 0 Å². The van der Waals surface area contributed by atoms with E-state index < -0.39 is 30.0 Å². The first-order chi connectivity index (χ1) is 11.0. The van der Waals surface area contributed by atoms with E-state index in [0.29, 0.717) is 11.1 Å². The molecule has 24 heavy (non-hydrogen) atoms. The van der Waals surface area contributed by atoms with Gasteiger partial charge in [0.1, 0.15) is 9.79 Å². The Hall–Kier alpha value is -2.14. The molecule has 1 aromatic carbocycles. The van der Waals surface area contributed by atoms with Gasteiger partial charge in [-0.3, -0.25) is 19.1 Å². The molecule has 0 aliphatic carbocycles. The van der Waals surface area contributed by atoms with Crippen LogP contribution in [0.4, 0.5) is 0 Å². The van der Waals surface area contributed by atoms with Gasteiger partial charge in [0.25, 0.3) is 20.2 Å². The molecule has 0 bridgehead atoms. The summed E-state index contributed by atoms with van der Waals surface area (Å²) < 4.78 is 67.1. The molecule has 0 saturated carbocycles. The number of hydrogen-bond acceptors (Lipinski definition) is 6. The highest BCUT2D eigenvalue weighted by Gasteiger charge is 2.32. The van der Waals surface area contributed by atoms with Gasteiger partial charge < -0.3 is 0 Å². The molecule has 0 unspecified atom stereocenters. The van der Waals surface area contributed by atoms with Gasteiger partial charge in [-0.05, 0) is 37.1 Å². The van der Waals surface area contributed by atoms with Crippen molar-refractivity contribution < 1.29 is 25.9 Å². The molecule has 2 aromatic heterocycles. The number of pyridine rings is 2. The maximum absolute atomic E-state index is 12.0. The standard InChI is InChI=1S/C14H12N2O6S2/c1-7-3-5-15-11-9(7)13(23(17,18)19)14(24(20,21)22)10-8(2)4-6-16-12(10)11/h3-6H,1-2H3,(H,17,18,19)(H,20,21,22). The van der Waals surface area contributed by atoms with E-state index in [2.05, 4.69) is 9.97 Å². The first-order valence-corrected chi connectivity index (χ1v) is 9.53. The molecule has 126 valence electrons. The monoisotopic (exact) mass is 368 g/mol. The van der Waals surface area contributed by atoms with Crippen molar-refractivity contribution in [2.24, 2.45) is 0 Å². The van der Waals surface area contributed by atoms with Crippen LogP contribution in [0.2, 0.25) is 0 Å². The third-order valence-electron chi connectivity index (χ3n) is 3.72. The minimum absolute atomic E-state index is 0.0989. The van der Waals surface area contributed by atoms with E-state index in [4.69, 9.17) is 0 Å². The Morgan fingerprint density at radius 1 is 0.750 bits per heavy atom. The van der Waals surface area contributed by atoms with Gasteiger partial charge in [0, 0.05) is 23.2 Å². The summed E-state index contributed by atoms with van der Waals surface area (Å²) in [7, 11) is -9.96. The molecule has 0 radical (unpaired) electrons. The summed E-state index contributed by atoms with van der Waals surface area (Å²) in [6, 6.07) is 2.93. The summed E-state index contributed by atoms with van der Waals surface area (Å²) in [5, 5.41) is -0.198. The Morgan fingerprint density at radius 2 is 1.08 bits per heavy atom. The molecular formula is C14H12N2O6S2. The fraction of sp³-hybridized carbons (Fsp3) is 0.143. The number of rotatable bonds is 2. The lowest BCUT2D eigenvalue weighted by Gasteiger charge is -2.15. The van der Waals surface area contributed by atoms with E-state index in [0.717, 1.165) is 0 Å². The molecular weight excluding hydrogens is 356 g/mol. The molecule has 3 rings (SSSR count). The summed E-state index contributed by atoms with van der Waals surface area (Å²) in [5.74, 6) is 0. The van der Waals surface area contributed by atoms with Crippen LogP contribution in [0.5, 0.6) is 0 Å². The van der Waals surface area contributed by atoms with Gasteiger partial charge in [0.2, 0.25) is 0 Å². The third-order valence-corrected chi connectivity index (χ3v) is 5.70. The van der Waals surface area contributed by atoms with Gasteiger partial charge in [-0.2, -0.15) is 16.8 Å². The number of aryl methyl sites for hydroxylation is 2. The molecule has 10 heteroatoms. The van der Waals surface area contributed by atoms with Gasteiger partial charge in [0.05, 0.1) is 11.0 Å². The maximum atomic E-state index is 12.0. The second-order valence-corrected chi connectivity index (χ2v) is 8.03. The average Bonchev–Trinajstić information content (AvgIpc) is 2.44. The van der Waals surface area contributed by atoms with E-state index in [1.807, 2.05) is 0 Å². The molecule has 0 saturated heterocycles. The highest BCUT2D eigenvalue weighted by molar-refractivity contribution is 7.89. The van der Waals surface area contributed by atoms with E-state index in [-0.39, 0.29) is 21.8 Å². The Kier molecular flexibility index (Phi) is 3.61. The molecule has 0 spiro atoms. The second-order valence-electron chi connectivity index (χ2n) is 5.31. The topological polar surface area (TPSA) is 135 Å². The molecule has 3 aromatic rings.